The molecule has 2 aliphatic carbocycles. The van der Waals surface area contributed by atoms with E-state index in [2.05, 4.69) is 15.0 Å². The zero-order valence-electron chi connectivity index (χ0n) is 16.6. The molecule has 0 unspecified atom stereocenters. The number of carbonyl (C=O) groups is 1. The smallest absolute Gasteiger partial charge is 0.240 e. The van der Waals surface area contributed by atoms with E-state index in [4.69, 9.17) is 0 Å². The molecule has 0 radical (unpaired) electrons. The minimum atomic E-state index is -3.67. The molecule has 0 saturated heterocycles. The number of hydrogen-bond acceptors (Lipinski definition) is 4. The molecule has 1 amide bonds. The summed E-state index contributed by atoms with van der Waals surface area (Å²) in [6.07, 6.45) is 7.47. The van der Waals surface area contributed by atoms with Crippen LogP contribution in [0.3, 0.4) is 0 Å². The number of hydrogen-bond donors (Lipinski definition) is 2. The molecular weight excluding hydrogens is 386 g/mol. The summed E-state index contributed by atoms with van der Waals surface area (Å²) in [6, 6.07) is 8.87. The van der Waals surface area contributed by atoms with Gasteiger partial charge in [0.2, 0.25) is 15.9 Å². The monoisotopic (exact) mass is 413 g/mol. The van der Waals surface area contributed by atoms with E-state index in [1.165, 1.54) is 0 Å². The lowest BCUT2D eigenvalue weighted by molar-refractivity contribution is -0.125. The zero-order valence-corrected chi connectivity index (χ0v) is 17.5. The Labute approximate surface area is 172 Å². The summed E-state index contributed by atoms with van der Waals surface area (Å²) < 4.78 is 28.3. The summed E-state index contributed by atoms with van der Waals surface area (Å²) >= 11 is 0. The number of fused-ring (bicyclic) bond motifs is 1. The minimum absolute atomic E-state index is 0.105. The molecule has 1 saturated carbocycles. The molecule has 1 aromatic carbocycles. The van der Waals surface area contributed by atoms with Crippen LogP contribution in [0.4, 0.5) is 0 Å². The largest absolute Gasteiger partial charge is 0.349 e. The quantitative estimate of drug-likeness (QED) is 0.761. The molecule has 2 aromatic rings. The Balaban J connectivity index is 1.49. The predicted molar refractivity (Wildman–Crippen MR) is 111 cm³/mol. The normalized spacial score (nSPS) is 19.3. The fourth-order valence-corrected chi connectivity index (χ4v) is 5.35. The van der Waals surface area contributed by atoms with E-state index >= 15 is 0 Å². The molecule has 1 atom stereocenters. The fourth-order valence-electron chi connectivity index (χ4n) is 4.33. The van der Waals surface area contributed by atoms with Crippen molar-refractivity contribution in [1.29, 1.82) is 0 Å². The summed E-state index contributed by atoms with van der Waals surface area (Å²) in [4.78, 5) is 17.0. The zero-order chi connectivity index (χ0) is 20.4. The highest BCUT2D eigenvalue weighted by Crippen LogP contribution is 2.34. The SMILES string of the molecule is Cc1cccnc1CNS(=O)(=O)c1ccc2c(c1)[C@H](NC(=O)C1CCCC1)CC2. The van der Waals surface area contributed by atoms with Crippen LogP contribution in [0, 0.1) is 12.8 Å². The molecule has 7 heteroatoms. The maximum atomic E-state index is 12.8. The van der Waals surface area contributed by atoms with Crippen LogP contribution in [0.15, 0.2) is 41.4 Å². The second-order valence-electron chi connectivity index (χ2n) is 8.03. The van der Waals surface area contributed by atoms with Crippen molar-refractivity contribution in [3.63, 3.8) is 0 Å². The van der Waals surface area contributed by atoms with Gasteiger partial charge in [0.25, 0.3) is 0 Å². The molecular formula is C22H27N3O3S. The Morgan fingerprint density at radius 1 is 1.17 bits per heavy atom. The number of carbonyl (C=O) groups excluding carboxylic acids is 1. The van der Waals surface area contributed by atoms with E-state index in [1.807, 2.05) is 25.1 Å². The maximum absolute atomic E-state index is 12.8. The van der Waals surface area contributed by atoms with E-state index in [1.54, 1.807) is 18.3 Å². The first-order valence-corrected chi connectivity index (χ1v) is 11.8. The molecule has 2 aliphatic rings. The lowest BCUT2D eigenvalue weighted by atomic mass is 10.0. The standard InChI is InChI=1S/C22H27N3O3S/c1-15-5-4-12-23-21(15)14-24-29(27,28)18-10-8-16-9-11-20(19(16)13-18)25-22(26)17-6-2-3-7-17/h4-5,8,10,12-13,17,20,24H,2-3,6-7,9,11,14H2,1H3,(H,25,26)/t20-/m1/s1. The maximum Gasteiger partial charge on any atom is 0.240 e. The van der Waals surface area contributed by atoms with Crippen LogP contribution < -0.4 is 10.0 Å². The number of sulfonamides is 1. The average Bonchev–Trinajstić information content (AvgIpc) is 3.37. The van der Waals surface area contributed by atoms with Gasteiger partial charge in [0.05, 0.1) is 23.2 Å². The Bertz CT molecular complexity index is 1010. The van der Waals surface area contributed by atoms with Gasteiger partial charge in [-0.25, -0.2) is 13.1 Å². The van der Waals surface area contributed by atoms with Gasteiger partial charge in [0.15, 0.2) is 0 Å². The van der Waals surface area contributed by atoms with Crippen LogP contribution >= 0.6 is 0 Å². The van der Waals surface area contributed by atoms with Crippen LogP contribution in [-0.4, -0.2) is 19.3 Å². The van der Waals surface area contributed by atoms with Gasteiger partial charge in [-0.2, -0.15) is 0 Å². The molecule has 154 valence electrons. The lowest BCUT2D eigenvalue weighted by Crippen LogP contribution is -2.32. The Morgan fingerprint density at radius 3 is 2.72 bits per heavy atom. The molecule has 1 aromatic heterocycles. The number of pyridine rings is 1. The van der Waals surface area contributed by atoms with Gasteiger partial charge in [-0.05, 0) is 67.5 Å². The summed E-state index contributed by atoms with van der Waals surface area (Å²) in [7, 11) is -3.67. The van der Waals surface area contributed by atoms with Gasteiger partial charge >= 0.3 is 0 Å². The Morgan fingerprint density at radius 2 is 1.97 bits per heavy atom. The van der Waals surface area contributed by atoms with Crippen LogP contribution in [-0.2, 0) is 27.8 Å². The number of aryl methyl sites for hydroxylation is 2. The third-order valence-corrected chi connectivity index (χ3v) is 7.49. The second-order valence-corrected chi connectivity index (χ2v) is 9.80. The Hall–Kier alpha value is -2.25. The first-order valence-electron chi connectivity index (χ1n) is 10.3. The highest BCUT2D eigenvalue weighted by atomic mass is 32.2. The lowest BCUT2D eigenvalue weighted by Gasteiger charge is -2.18. The van der Waals surface area contributed by atoms with E-state index in [-0.39, 0.29) is 29.3 Å². The number of rotatable bonds is 6. The van der Waals surface area contributed by atoms with Crippen molar-refractivity contribution in [2.24, 2.45) is 5.92 Å². The third-order valence-electron chi connectivity index (χ3n) is 6.10. The molecule has 1 heterocycles. The molecule has 1 fully saturated rings. The second kappa shape index (κ2) is 8.24. The highest BCUT2D eigenvalue weighted by molar-refractivity contribution is 7.89. The number of nitrogens with one attached hydrogen (secondary N) is 2. The highest BCUT2D eigenvalue weighted by Gasteiger charge is 2.30. The van der Waals surface area contributed by atoms with E-state index < -0.39 is 10.0 Å². The van der Waals surface area contributed by atoms with Gasteiger partial charge in [-0.15, -0.1) is 0 Å². The minimum Gasteiger partial charge on any atom is -0.349 e. The van der Waals surface area contributed by atoms with Crippen molar-refractivity contribution >= 4 is 15.9 Å². The molecule has 4 rings (SSSR count). The van der Waals surface area contributed by atoms with Crippen LogP contribution in [0.1, 0.15) is 60.5 Å². The molecule has 6 nitrogen and oxygen atoms in total. The Kier molecular flexibility index (Phi) is 5.69. The average molecular weight is 414 g/mol. The van der Waals surface area contributed by atoms with Crippen molar-refractivity contribution in [2.45, 2.75) is 62.9 Å². The number of aromatic nitrogens is 1. The first kappa shape index (κ1) is 20.0. The molecule has 2 N–H and O–H groups in total. The topological polar surface area (TPSA) is 88.2 Å². The molecule has 0 aliphatic heterocycles. The van der Waals surface area contributed by atoms with Crippen molar-refractivity contribution in [3.8, 4) is 0 Å². The summed E-state index contributed by atoms with van der Waals surface area (Å²) in [5.74, 6) is 0.214. The van der Waals surface area contributed by atoms with Crippen molar-refractivity contribution in [2.75, 3.05) is 0 Å². The molecule has 0 bridgehead atoms. The summed E-state index contributed by atoms with van der Waals surface area (Å²) in [6.45, 7) is 2.05. The van der Waals surface area contributed by atoms with Crippen LogP contribution in [0.2, 0.25) is 0 Å². The van der Waals surface area contributed by atoms with Crippen molar-refractivity contribution in [1.82, 2.24) is 15.0 Å². The van der Waals surface area contributed by atoms with Gasteiger partial charge in [0.1, 0.15) is 0 Å². The molecule has 0 spiro atoms. The van der Waals surface area contributed by atoms with E-state index in [0.29, 0.717) is 5.69 Å². The van der Waals surface area contributed by atoms with Gasteiger partial charge in [-0.1, -0.05) is 25.0 Å². The number of benzene rings is 1. The van der Waals surface area contributed by atoms with Crippen LogP contribution in [0.25, 0.3) is 0 Å². The number of amides is 1. The van der Waals surface area contributed by atoms with E-state index in [0.717, 1.165) is 55.2 Å². The third kappa shape index (κ3) is 4.36. The summed E-state index contributed by atoms with van der Waals surface area (Å²) in [5, 5.41) is 3.16. The van der Waals surface area contributed by atoms with Gasteiger partial charge in [0, 0.05) is 12.1 Å². The van der Waals surface area contributed by atoms with Crippen molar-refractivity contribution < 1.29 is 13.2 Å². The first-order chi connectivity index (χ1) is 13.9. The van der Waals surface area contributed by atoms with Gasteiger partial charge < -0.3 is 5.32 Å². The summed E-state index contributed by atoms with van der Waals surface area (Å²) in [5.41, 5.74) is 3.69. The van der Waals surface area contributed by atoms with Crippen LogP contribution in [0.5, 0.6) is 0 Å². The predicted octanol–water partition coefficient (Wildman–Crippen LogP) is 3.16. The van der Waals surface area contributed by atoms with Crippen molar-refractivity contribution in [3.05, 3.63) is 58.9 Å². The van der Waals surface area contributed by atoms with Gasteiger partial charge in [-0.3, -0.25) is 9.78 Å². The van der Waals surface area contributed by atoms with E-state index in [9.17, 15) is 13.2 Å². The number of nitrogens with zero attached hydrogens (tertiary/aromatic N) is 1. The molecule has 29 heavy (non-hydrogen) atoms. The fraction of sp³-hybridized carbons (Fsp3) is 0.455.